The number of halogens is 1. The first kappa shape index (κ1) is 12.1. The van der Waals surface area contributed by atoms with E-state index in [0.29, 0.717) is 12.1 Å². The Bertz CT molecular complexity index is 882. The van der Waals surface area contributed by atoms with Crippen LogP contribution in [0.2, 0.25) is 0 Å². The van der Waals surface area contributed by atoms with E-state index in [2.05, 4.69) is 0 Å². The Morgan fingerprint density at radius 3 is 2.81 bits per heavy atom. The van der Waals surface area contributed by atoms with Crippen LogP contribution in [0.1, 0.15) is 15.9 Å². The predicted octanol–water partition coefficient (Wildman–Crippen LogP) is 3.48. The van der Waals surface area contributed by atoms with Gasteiger partial charge in [-0.15, -0.1) is 0 Å². The van der Waals surface area contributed by atoms with Gasteiger partial charge in [0, 0.05) is 35.4 Å². The van der Waals surface area contributed by atoms with Crippen molar-refractivity contribution in [2.24, 2.45) is 7.05 Å². The number of rotatable bonds is 1. The molecule has 3 nitrogen and oxygen atoms in total. The maximum atomic E-state index is 13.3. The number of carbonyl (C=O) groups excluding carboxylic acids is 1. The van der Waals surface area contributed by atoms with Crippen LogP contribution in [0.25, 0.3) is 10.9 Å². The lowest BCUT2D eigenvalue weighted by atomic mass is 10.1. The van der Waals surface area contributed by atoms with Crippen molar-refractivity contribution in [2.75, 3.05) is 4.90 Å². The zero-order valence-corrected chi connectivity index (χ0v) is 11.5. The lowest BCUT2D eigenvalue weighted by molar-refractivity contribution is 0.0996. The Morgan fingerprint density at radius 2 is 1.95 bits per heavy atom. The fourth-order valence-corrected chi connectivity index (χ4v) is 2.93. The van der Waals surface area contributed by atoms with Gasteiger partial charge < -0.3 is 9.47 Å². The molecule has 0 N–H and O–H groups in total. The molecule has 0 unspecified atom stereocenters. The normalized spacial score (nSPS) is 14.0. The molecule has 1 aromatic heterocycles. The fourth-order valence-electron chi connectivity index (χ4n) is 2.93. The van der Waals surface area contributed by atoms with Gasteiger partial charge >= 0.3 is 0 Å². The Balaban J connectivity index is 1.78. The Morgan fingerprint density at radius 1 is 1.10 bits per heavy atom. The van der Waals surface area contributed by atoms with E-state index in [0.717, 1.165) is 22.2 Å². The second-order valence-corrected chi connectivity index (χ2v) is 5.36. The summed E-state index contributed by atoms with van der Waals surface area (Å²) in [7, 11) is 1.99. The van der Waals surface area contributed by atoms with Gasteiger partial charge in [-0.05, 0) is 48.0 Å². The third-order valence-electron chi connectivity index (χ3n) is 4.05. The number of fused-ring (bicyclic) bond motifs is 2. The SMILES string of the molecule is Cn1ccc2cc(N3Cc4cc(F)ccc4C3=O)ccc21. The highest BCUT2D eigenvalue weighted by molar-refractivity contribution is 6.10. The minimum absolute atomic E-state index is 0.0692. The van der Waals surface area contributed by atoms with E-state index in [-0.39, 0.29) is 11.7 Å². The summed E-state index contributed by atoms with van der Waals surface area (Å²) in [6.45, 7) is 0.421. The van der Waals surface area contributed by atoms with Gasteiger partial charge in [-0.1, -0.05) is 0 Å². The van der Waals surface area contributed by atoms with Crippen molar-refractivity contribution < 1.29 is 9.18 Å². The third kappa shape index (κ3) is 1.76. The van der Waals surface area contributed by atoms with E-state index in [1.165, 1.54) is 12.1 Å². The van der Waals surface area contributed by atoms with Crippen LogP contribution in [0.3, 0.4) is 0 Å². The lowest BCUT2D eigenvalue weighted by Crippen LogP contribution is -2.22. The van der Waals surface area contributed by atoms with E-state index in [9.17, 15) is 9.18 Å². The zero-order chi connectivity index (χ0) is 14.6. The van der Waals surface area contributed by atoms with Gasteiger partial charge in [0.2, 0.25) is 0 Å². The summed E-state index contributed by atoms with van der Waals surface area (Å²) >= 11 is 0. The van der Waals surface area contributed by atoms with Crippen molar-refractivity contribution in [3.8, 4) is 0 Å². The largest absolute Gasteiger partial charge is 0.351 e. The second-order valence-electron chi connectivity index (χ2n) is 5.36. The molecule has 1 amide bonds. The number of aryl methyl sites for hydroxylation is 1. The molecule has 0 spiro atoms. The predicted molar refractivity (Wildman–Crippen MR) is 79.8 cm³/mol. The van der Waals surface area contributed by atoms with Crippen LogP contribution in [0.4, 0.5) is 10.1 Å². The minimum Gasteiger partial charge on any atom is -0.351 e. The van der Waals surface area contributed by atoms with Gasteiger partial charge in [-0.2, -0.15) is 0 Å². The third-order valence-corrected chi connectivity index (χ3v) is 4.05. The summed E-state index contributed by atoms with van der Waals surface area (Å²) in [5.74, 6) is -0.373. The molecule has 0 bridgehead atoms. The van der Waals surface area contributed by atoms with Crippen molar-refractivity contribution in [3.05, 3.63) is 65.6 Å². The summed E-state index contributed by atoms with van der Waals surface area (Å²) in [6, 6.07) is 12.3. The van der Waals surface area contributed by atoms with Crippen LogP contribution in [0, 0.1) is 5.82 Å². The van der Waals surface area contributed by atoms with Crippen LogP contribution < -0.4 is 4.90 Å². The van der Waals surface area contributed by atoms with Crippen molar-refractivity contribution in [2.45, 2.75) is 6.54 Å². The number of hydrogen-bond donors (Lipinski definition) is 0. The molecule has 0 saturated carbocycles. The summed E-state index contributed by atoms with van der Waals surface area (Å²) in [5, 5.41) is 1.09. The van der Waals surface area contributed by atoms with Crippen LogP contribution in [-0.2, 0) is 13.6 Å². The molecular weight excluding hydrogens is 267 g/mol. The molecule has 0 atom stereocenters. The minimum atomic E-state index is -0.304. The van der Waals surface area contributed by atoms with Crippen LogP contribution in [0.15, 0.2) is 48.7 Å². The van der Waals surface area contributed by atoms with Gasteiger partial charge in [-0.25, -0.2) is 4.39 Å². The highest BCUT2D eigenvalue weighted by Crippen LogP contribution is 2.30. The Hall–Kier alpha value is -2.62. The van der Waals surface area contributed by atoms with E-state index < -0.39 is 0 Å². The molecule has 21 heavy (non-hydrogen) atoms. The molecule has 0 fully saturated rings. The summed E-state index contributed by atoms with van der Waals surface area (Å²) in [6.07, 6.45) is 1.99. The number of hydrogen-bond acceptors (Lipinski definition) is 1. The number of anilines is 1. The molecule has 2 heterocycles. The molecule has 4 rings (SSSR count). The van der Waals surface area contributed by atoms with Crippen molar-refractivity contribution in [1.82, 2.24) is 4.57 Å². The number of benzene rings is 2. The van der Waals surface area contributed by atoms with E-state index in [1.807, 2.05) is 42.1 Å². The molecule has 0 saturated heterocycles. The van der Waals surface area contributed by atoms with Crippen LogP contribution in [-0.4, -0.2) is 10.5 Å². The Kier molecular flexibility index (Phi) is 2.42. The quantitative estimate of drug-likeness (QED) is 0.670. The topological polar surface area (TPSA) is 25.2 Å². The molecule has 2 aromatic carbocycles. The average Bonchev–Trinajstić information content (AvgIpc) is 3.00. The first-order valence-corrected chi connectivity index (χ1v) is 6.79. The molecule has 4 heteroatoms. The standard InChI is InChI=1S/C17H13FN2O/c1-19-7-6-11-9-14(3-5-16(11)19)20-10-12-8-13(18)2-4-15(12)17(20)21/h2-9H,10H2,1H3. The number of nitrogens with zero attached hydrogens (tertiary/aromatic N) is 2. The van der Waals surface area contributed by atoms with E-state index >= 15 is 0 Å². The smallest absolute Gasteiger partial charge is 0.258 e. The molecule has 0 radical (unpaired) electrons. The highest BCUT2D eigenvalue weighted by Gasteiger charge is 2.28. The monoisotopic (exact) mass is 280 g/mol. The molecule has 104 valence electrons. The van der Waals surface area contributed by atoms with Gasteiger partial charge in [0.15, 0.2) is 0 Å². The lowest BCUT2D eigenvalue weighted by Gasteiger charge is -2.16. The molecular formula is C17H13FN2O. The van der Waals surface area contributed by atoms with Crippen molar-refractivity contribution in [3.63, 3.8) is 0 Å². The van der Waals surface area contributed by atoms with Gasteiger partial charge in [0.25, 0.3) is 5.91 Å². The van der Waals surface area contributed by atoms with Crippen LogP contribution >= 0.6 is 0 Å². The van der Waals surface area contributed by atoms with Gasteiger partial charge in [0.05, 0.1) is 6.54 Å². The average molecular weight is 280 g/mol. The van der Waals surface area contributed by atoms with Gasteiger partial charge in [0.1, 0.15) is 5.82 Å². The molecule has 1 aliphatic heterocycles. The van der Waals surface area contributed by atoms with E-state index in [4.69, 9.17) is 0 Å². The molecule has 0 aliphatic carbocycles. The summed E-state index contributed by atoms with van der Waals surface area (Å²) < 4.78 is 15.3. The molecule has 1 aliphatic rings. The first-order chi connectivity index (χ1) is 10.1. The summed E-state index contributed by atoms with van der Waals surface area (Å²) in [5.41, 5.74) is 3.29. The van der Waals surface area contributed by atoms with Crippen molar-refractivity contribution >= 4 is 22.5 Å². The number of aromatic nitrogens is 1. The maximum Gasteiger partial charge on any atom is 0.258 e. The van der Waals surface area contributed by atoms with E-state index in [1.54, 1.807) is 11.0 Å². The first-order valence-electron chi connectivity index (χ1n) is 6.79. The fraction of sp³-hybridized carbons (Fsp3) is 0.118. The zero-order valence-electron chi connectivity index (χ0n) is 11.5. The number of amides is 1. The van der Waals surface area contributed by atoms with Crippen molar-refractivity contribution in [1.29, 1.82) is 0 Å². The highest BCUT2D eigenvalue weighted by atomic mass is 19.1. The van der Waals surface area contributed by atoms with Crippen LogP contribution in [0.5, 0.6) is 0 Å². The number of carbonyl (C=O) groups is 1. The van der Waals surface area contributed by atoms with Gasteiger partial charge in [-0.3, -0.25) is 4.79 Å². The second kappa shape index (κ2) is 4.19. The summed E-state index contributed by atoms with van der Waals surface area (Å²) in [4.78, 5) is 14.1. The molecule has 3 aromatic rings. The maximum absolute atomic E-state index is 13.3. The Labute approximate surface area is 121 Å².